The fourth-order valence-electron chi connectivity index (χ4n) is 4.53. The highest BCUT2D eigenvalue weighted by Gasteiger charge is 2.58. The minimum absolute atomic E-state index is 0.00447. The van der Waals surface area contributed by atoms with Gasteiger partial charge >= 0.3 is 0 Å². The molecular formula is C16H16O2. The Morgan fingerprint density at radius 1 is 1.11 bits per heavy atom. The molecule has 2 saturated carbocycles. The second-order valence-corrected chi connectivity index (χ2v) is 6.12. The summed E-state index contributed by atoms with van der Waals surface area (Å²) in [5, 5.41) is 0. The van der Waals surface area contributed by atoms with Crippen LogP contribution in [-0.2, 0) is 21.4 Å². The topological polar surface area (TPSA) is 34.1 Å². The minimum atomic E-state index is -0.285. The number of hydrogen-bond donors (Lipinski definition) is 0. The van der Waals surface area contributed by atoms with E-state index in [1.165, 1.54) is 11.1 Å². The Balaban J connectivity index is 1.91. The number of ketones is 2. The maximum Gasteiger partial charge on any atom is 0.144 e. The first-order chi connectivity index (χ1) is 8.71. The first-order valence-corrected chi connectivity index (χ1v) is 6.84. The van der Waals surface area contributed by atoms with Crippen LogP contribution in [0.15, 0.2) is 24.3 Å². The molecule has 4 rings (SSSR count). The van der Waals surface area contributed by atoms with Gasteiger partial charge in [-0.1, -0.05) is 24.3 Å². The van der Waals surface area contributed by atoms with Crippen molar-refractivity contribution in [1.29, 1.82) is 0 Å². The summed E-state index contributed by atoms with van der Waals surface area (Å²) in [4.78, 5) is 24.1. The zero-order valence-corrected chi connectivity index (χ0v) is 10.3. The van der Waals surface area contributed by atoms with Crippen molar-refractivity contribution in [1.82, 2.24) is 0 Å². The lowest BCUT2D eigenvalue weighted by Gasteiger charge is -2.45. The molecule has 0 radical (unpaired) electrons. The Morgan fingerprint density at radius 2 is 1.94 bits per heavy atom. The maximum absolute atomic E-state index is 12.1. The van der Waals surface area contributed by atoms with E-state index in [2.05, 4.69) is 24.3 Å². The van der Waals surface area contributed by atoms with Gasteiger partial charge in [0.2, 0.25) is 0 Å². The quantitative estimate of drug-likeness (QED) is 0.653. The number of carbonyl (C=O) groups excluding carboxylic acids is 2. The van der Waals surface area contributed by atoms with Gasteiger partial charge in [-0.05, 0) is 36.3 Å². The fraction of sp³-hybridized carbons (Fsp3) is 0.500. The summed E-state index contributed by atoms with van der Waals surface area (Å²) in [5.41, 5.74) is 2.77. The van der Waals surface area contributed by atoms with Crippen LogP contribution in [0.1, 0.15) is 36.8 Å². The van der Waals surface area contributed by atoms with Crippen LogP contribution in [0.5, 0.6) is 0 Å². The van der Waals surface area contributed by atoms with Gasteiger partial charge in [0.05, 0.1) is 5.92 Å². The third-order valence-electron chi connectivity index (χ3n) is 5.38. The van der Waals surface area contributed by atoms with Crippen LogP contribution in [0.3, 0.4) is 0 Å². The van der Waals surface area contributed by atoms with Crippen LogP contribution in [-0.4, -0.2) is 11.6 Å². The summed E-state index contributed by atoms with van der Waals surface area (Å²) < 4.78 is 0. The number of benzene rings is 1. The number of rotatable bonds is 0. The molecule has 0 aliphatic heterocycles. The van der Waals surface area contributed by atoms with Crippen molar-refractivity contribution >= 4 is 11.6 Å². The van der Waals surface area contributed by atoms with Crippen LogP contribution in [0.2, 0.25) is 0 Å². The van der Waals surface area contributed by atoms with Gasteiger partial charge in [-0.25, -0.2) is 0 Å². The zero-order valence-electron chi connectivity index (χ0n) is 10.3. The Bertz CT molecular complexity index is 560. The van der Waals surface area contributed by atoms with Crippen LogP contribution in [0.25, 0.3) is 0 Å². The molecule has 0 N–H and O–H groups in total. The van der Waals surface area contributed by atoms with Gasteiger partial charge in [0.15, 0.2) is 0 Å². The largest absolute Gasteiger partial charge is 0.299 e. The first kappa shape index (κ1) is 10.5. The van der Waals surface area contributed by atoms with Gasteiger partial charge in [-0.15, -0.1) is 0 Å². The number of Topliss-reactive ketones (excluding diaryl/α,β-unsaturated/α-hetero) is 2. The molecule has 3 aliphatic rings. The second-order valence-electron chi connectivity index (χ2n) is 6.12. The summed E-state index contributed by atoms with van der Waals surface area (Å²) in [5.74, 6) is 0.520. The Kier molecular flexibility index (Phi) is 1.93. The summed E-state index contributed by atoms with van der Waals surface area (Å²) >= 11 is 0. The van der Waals surface area contributed by atoms with Crippen molar-refractivity contribution in [2.45, 2.75) is 37.5 Å². The summed E-state index contributed by atoms with van der Waals surface area (Å²) in [6, 6.07) is 8.53. The molecule has 0 heterocycles. The fourth-order valence-corrected chi connectivity index (χ4v) is 4.53. The first-order valence-electron chi connectivity index (χ1n) is 6.84. The van der Waals surface area contributed by atoms with Crippen molar-refractivity contribution in [3.05, 3.63) is 35.4 Å². The van der Waals surface area contributed by atoms with Gasteiger partial charge < -0.3 is 0 Å². The molecule has 2 heteroatoms. The van der Waals surface area contributed by atoms with Crippen molar-refractivity contribution in [3.8, 4) is 0 Å². The molecular weight excluding hydrogens is 224 g/mol. The lowest BCUT2D eigenvalue weighted by atomic mass is 9.58. The molecule has 2 bridgehead atoms. The summed E-state index contributed by atoms with van der Waals surface area (Å²) in [6.45, 7) is 0. The predicted octanol–water partition coefficient (Wildman–Crippen LogP) is 2.44. The molecule has 92 valence electrons. The molecule has 1 spiro atoms. The number of fused-ring (bicyclic) bond motifs is 2. The normalized spacial score (nSPS) is 37.3. The average molecular weight is 240 g/mol. The zero-order chi connectivity index (χ0) is 12.3. The molecule has 2 fully saturated rings. The Labute approximate surface area is 106 Å². The molecule has 3 aliphatic carbocycles. The molecule has 0 saturated heterocycles. The number of aryl methyl sites for hydroxylation is 1. The maximum atomic E-state index is 12.1. The molecule has 0 amide bonds. The standard InChI is InChI=1S/C16H16O2/c17-14-7-11-6-5-10-3-1-2-4-13(10)16(11)8-12(14)15(18)9-16/h1-4,11-12H,5-9H2/t11?,12-,16-/m1/s1. The molecule has 2 nitrogen and oxygen atoms in total. The smallest absolute Gasteiger partial charge is 0.144 e. The van der Waals surface area contributed by atoms with Crippen molar-refractivity contribution < 1.29 is 9.59 Å². The molecule has 1 unspecified atom stereocenters. The van der Waals surface area contributed by atoms with Gasteiger partial charge in [0.25, 0.3) is 0 Å². The lowest BCUT2D eigenvalue weighted by molar-refractivity contribution is -0.131. The van der Waals surface area contributed by atoms with E-state index >= 15 is 0 Å². The van der Waals surface area contributed by atoms with Gasteiger partial charge in [0, 0.05) is 18.3 Å². The third kappa shape index (κ3) is 1.14. The highest BCUT2D eigenvalue weighted by atomic mass is 16.2. The van der Waals surface area contributed by atoms with E-state index in [4.69, 9.17) is 0 Å². The highest BCUT2D eigenvalue weighted by molar-refractivity contribution is 6.06. The summed E-state index contributed by atoms with van der Waals surface area (Å²) in [7, 11) is 0. The highest BCUT2D eigenvalue weighted by Crippen LogP contribution is 2.57. The summed E-state index contributed by atoms with van der Waals surface area (Å²) in [6.07, 6.45) is 4.15. The molecule has 3 atom stereocenters. The average Bonchev–Trinajstić information content (AvgIpc) is 2.68. The van der Waals surface area contributed by atoms with Gasteiger partial charge in [-0.2, -0.15) is 0 Å². The van der Waals surface area contributed by atoms with Crippen molar-refractivity contribution in [2.24, 2.45) is 11.8 Å². The molecule has 1 aromatic carbocycles. The van der Waals surface area contributed by atoms with E-state index < -0.39 is 0 Å². The minimum Gasteiger partial charge on any atom is -0.299 e. The van der Waals surface area contributed by atoms with E-state index in [1.54, 1.807) is 0 Å². The monoisotopic (exact) mass is 240 g/mol. The Hall–Kier alpha value is -1.44. The van der Waals surface area contributed by atoms with E-state index in [0.29, 0.717) is 18.8 Å². The van der Waals surface area contributed by atoms with Gasteiger partial charge in [-0.3, -0.25) is 9.59 Å². The van der Waals surface area contributed by atoms with E-state index in [0.717, 1.165) is 19.3 Å². The van der Waals surface area contributed by atoms with E-state index in [-0.39, 0.29) is 22.9 Å². The SMILES string of the molecule is O=C1CC2CCc3ccccc3[C@]23CC(=O)[C@@H]1C3. The third-order valence-corrected chi connectivity index (χ3v) is 5.38. The number of hydrogen-bond acceptors (Lipinski definition) is 2. The molecule has 0 aromatic heterocycles. The van der Waals surface area contributed by atoms with Crippen molar-refractivity contribution in [2.75, 3.05) is 0 Å². The van der Waals surface area contributed by atoms with Crippen LogP contribution in [0, 0.1) is 11.8 Å². The lowest BCUT2D eigenvalue weighted by Crippen LogP contribution is -2.42. The number of carbonyl (C=O) groups is 2. The van der Waals surface area contributed by atoms with Crippen LogP contribution in [0.4, 0.5) is 0 Å². The van der Waals surface area contributed by atoms with E-state index in [1.807, 2.05) is 0 Å². The second kappa shape index (κ2) is 3.31. The van der Waals surface area contributed by atoms with Crippen molar-refractivity contribution in [3.63, 3.8) is 0 Å². The Morgan fingerprint density at radius 3 is 2.83 bits per heavy atom. The molecule has 1 aromatic rings. The van der Waals surface area contributed by atoms with Crippen LogP contribution < -0.4 is 0 Å². The predicted molar refractivity (Wildman–Crippen MR) is 67.3 cm³/mol. The van der Waals surface area contributed by atoms with Crippen LogP contribution >= 0.6 is 0 Å². The van der Waals surface area contributed by atoms with E-state index in [9.17, 15) is 9.59 Å². The molecule has 18 heavy (non-hydrogen) atoms. The van der Waals surface area contributed by atoms with Gasteiger partial charge in [0.1, 0.15) is 11.6 Å².